The smallest absolute Gasteiger partial charge is 0.0489 e. The molecule has 19 heavy (non-hydrogen) atoms. The molecule has 1 atom stereocenters. The maximum absolute atomic E-state index is 5.67. The number of rotatable bonds is 4. The zero-order valence-corrected chi connectivity index (χ0v) is 11.5. The molecule has 0 heterocycles. The lowest BCUT2D eigenvalue weighted by atomic mass is 9.93. The third kappa shape index (κ3) is 3.39. The van der Waals surface area contributed by atoms with Gasteiger partial charge < -0.3 is 4.90 Å². The lowest BCUT2D eigenvalue weighted by molar-refractivity contribution is 0.863. The van der Waals surface area contributed by atoms with Gasteiger partial charge in [0.25, 0.3) is 0 Å². The molecule has 1 nitrogen and oxygen atoms in total. The van der Waals surface area contributed by atoms with Crippen LogP contribution in [0.1, 0.15) is 17.0 Å². The number of terminal acetylenes is 1. The van der Waals surface area contributed by atoms with Crippen LogP contribution >= 0.6 is 0 Å². The van der Waals surface area contributed by atoms with Gasteiger partial charge in [0.05, 0.1) is 0 Å². The van der Waals surface area contributed by atoms with Gasteiger partial charge in [-0.2, -0.15) is 0 Å². The maximum Gasteiger partial charge on any atom is 0.0489 e. The van der Waals surface area contributed by atoms with E-state index in [9.17, 15) is 0 Å². The van der Waals surface area contributed by atoms with Gasteiger partial charge in [0, 0.05) is 25.7 Å². The molecule has 2 aromatic rings. The zero-order chi connectivity index (χ0) is 13.7. The van der Waals surface area contributed by atoms with E-state index in [-0.39, 0.29) is 5.92 Å². The number of hydrogen-bond donors (Lipinski definition) is 0. The van der Waals surface area contributed by atoms with E-state index in [0.29, 0.717) is 0 Å². The van der Waals surface area contributed by atoms with E-state index in [1.165, 1.54) is 16.8 Å². The average Bonchev–Trinajstić information content (AvgIpc) is 2.46. The second-order valence-corrected chi connectivity index (χ2v) is 4.89. The van der Waals surface area contributed by atoms with Crippen molar-refractivity contribution in [2.75, 3.05) is 19.0 Å². The molecule has 0 aliphatic carbocycles. The average molecular weight is 249 g/mol. The molecule has 0 aliphatic rings. The predicted octanol–water partition coefficient (Wildman–Crippen LogP) is 3.71. The van der Waals surface area contributed by atoms with Gasteiger partial charge >= 0.3 is 0 Å². The molecule has 2 rings (SSSR count). The van der Waals surface area contributed by atoms with Gasteiger partial charge in [0.15, 0.2) is 0 Å². The summed E-state index contributed by atoms with van der Waals surface area (Å²) in [5.41, 5.74) is 3.69. The molecule has 0 N–H and O–H groups in total. The number of hydrogen-bond acceptors (Lipinski definition) is 1. The Morgan fingerprint density at radius 1 is 1.00 bits per heavy atom. The highest BCUT2D eigenvalue weighted by atomic mass is 15.1. The fraction of sp³-hybridized carbons (Fsp3) is 0.222. The summed E-state index contributed by atoms with van der Waals surface area (Å²) in [7, 11) is 4.09. The van der Waals surface area contributed by atoms with Gasteiger partial charge in [-0.3, -0.25) is 0 Å². The first-order chi connectivity index (χ1) is 9.20. The van der Waals surface area contributed by atoms with Crippen molar-refractivity contribution >= 4 is 5.69 Å². The molecule has 1 unspecified atom stereocenters. The SMILES string of the molecule is C#CC(Cc1ccc(N(C)C)cc1)c1ccccc1. The molecule has 0 radical (unpaired) electrons. The fourth-order valence-corrected chi connectivity index (χ4v) is 2.12. The van der Waals surface area contributed by atoms with Crippen LogP contribution in [0.4, 0.5) is 5.69 Å². The monoisotopic (exact) mass is 249 g/mol. The second kappa shape index (κ2) is 6.11. The van der Waals surface area contributed by atoms with Crippen molar-refractivity contribution in [1.29, 1.82) is 0 Å². The van der Waals surface area contributed by atoms with Crippen LogP contribution in [0, 0.1) is 12.3 Å². The Morgan fingerprint density at radius 3 is 2.16 bits per heavy atom. The van der Waals surface area contributed by atoms with Gasteiger partial charge in [-0.05, 0) is 29.7 Å². The van der Waals surface area contributed by atoms with Crippen LogP contribution in [0.15, 0.2) is 54.6 Å². The van der Waals surface area contributed by atoms with Crippen molar-refractivity contribution < 1.29 is 0 Å². The first kappa shape index (κ1) is 13.2. The first-order valence-corrected chi connectivity index (χ1v) is 6.48. The minimum Gasteiger partial charge on any atom is -0.378 e. The molecule has 0 aliphatic heterocycles. The highest BCUT2D eigenvalue weighted by molar-refractivity contribution is 5.46. The van der Waals surface area contributed by atoms with E-state index in [2.05, 4.69) is 47.2 Å². The third-order valence-electron chi connectivity index (χ3n) is 3.30. The Morgan fingerprint density at radius 2 is 1.63 bits per heavy atom. The van der Waals surface area contributed by atoms with Crippen molar-refractivity contribution in [2.24, 2.45) is 0 Å². The Kier molecular flexibility index (Phi) is 4.26. The number of anilines is 1. The summed E-state index contributed by atoms with van der Waals surface area (Å²) in [6.45, 7) is 0. The van der Waals surface area contributed by atoms with Crippen LogP contribution < -0.4 is 4.90 Å². The van der Waals surface area contributed by atoms with E-state index in [1.807, 2.05) is 32.3 Å². The molecule has 0 saturated heterocycles. The van der Waals surface area contributed by atoms with Crippen molar-refractivity contribution in [3.05, 3.63) is 65.7 Å². The second-order valence-electron chi connectivity index (χ2n) is 4.89. The molecular weight excluding hydrogens is 230 g/mol. The summed E-state index contributed by atoms with van der Waals surface area (Å²) in [6, 6.07) is 18.9. The predicted molar refractivity (Wildman–Crippen MR) is 82.5 cm³/mol. The van der Waals surface area contributed by atoms with Gasteiger partial charge in [-0.15, -0.1) is 6.42 Å². The lowest BCUT2D eigenvalue weighted by Crippen LogP contribution is -2.08. The molecule has 2 aromatic carbocycles. The molecule has 0 bridgehead atoms. The van der Waals surface area contributed by atoms with Gasteiger partial charge in [0.1, 0.15) is 0 Å². The highest BCUT2D eigenvalue weighted by Crippen LogP contribution is 2.21. The Bertz CT molecular complexity index is 546. The maximum atomic E-state index is 5.67. The quantitative estimate of drug-likeness (QED) is 0.747. The standard InChI is InChI=1S/C18H19N/c1-4-16(17-8-6-5-7-9-17)14-15-10-12-18(13-11-15)19(2)3/h1,5-13,16H,14H2,2-3H3. The van der Waals surface area contributed by atoms with E-state index in [0.717, 1.165) is 6.42 Å². The van der Waals surface area contributed by atoms with Crippen molar-refractivity contribution in [1.82, 2.24) is 0 Å². The largest absolute Gasteiger partial charge is 0.378 e. The van der Waals surface area contributed by atoms with Crippen LogP contribution in [-0.4, -0.2) is 14.1 Å². The van der Waals surface area contributed by atoms with Crippen LogP contribution in [0.3, 0.4) is 0 Å². The summed E-state index contributed by atoms with van der Waals surface area (Å²) < 4.78 is 0. The highest BCUT2D eigenvalue weighted by Gasteiger charge is 2.09. The molecule has 1 heteroatoms. The van der Waals surface area contributed by atoms with Crippen LogP contribution in [-0.2, 0) is 6.42 Å². The van der Waals surface area contributed by atoms with Crippen LogP contribution in [0.5, 0.6) is 0 Å². The van der Waals surface area contributed by atoms with E-state index >= 15 is 0 Å². The summed E-state index contributed by atoms with van der Waals surface area (Å²) in [5, 5.41) is 0. The van der Waals surface area contributed by atoms with Crippen molar-refractivity contribution in [2.45, 2.75) is 12.3 Å². The number of benzene rings is 2. The third-order valence-corrected chi connectivity index (χ3v) is 3.30. The number of nitrogens with zero attached hydrogens (tertiary/aromatic N) is 1. The minimum absolute atomic E-state index is 0.145. The molecule has 0 spiro atoms. The summed E-state index contributed by atoms with van der Waals surface area (Å²) in [4.78, 5) is 2.10. The Labute approximate surface area is 115 Å². The summed E-state index contributed by atoms with van der Waals surface area (Å²) in [6.07, 6.45) is 6.56. The molecule has 0 amide bonds. The Balaban J connectivity index is 2.13. The van der Waals surface area contributed by atoms with Crippen LogP contribution in [0.2, 0.25) is 0 Å². The topological polar surface area (TPSA) is 3.24 Å². The van der Waals surface area contributed by atoms with Crippen molar-refractivity contribution in [3.8, 4) is 12.3 Å². The zero-order valence-electron chi connectivity index (χ0n) is 11.5. The molecular formula is C18H19N. The summed E-state index contributed by atoms with van der Waals surface area (Å²) in [5.74, 6) is 3.04. The Hall–Kier alpha value is -2.20. The molecule has 96 valence electrons. The molecule has 0 aromatic heterocycles. The van der Waals surface area contributed by atoms with Gasteiger partial charge in [-0.25, -0.2) is 0 Å². The van der Waals surface area contributed by atoms with E-state index < -0.39 is 0 Å². The lowest BCUT2D eigenvalue weighted by Gasteiger charge is -2.14. The van der Waals surface area contributed by atoms with Crippen molar-refractivity contribution in [3.63, 3.8) is 0 Å². The summed E-state index contributed by atoms with van der Waals surface area (Å²) >= 11 is 0. The normalized spacial score (nSPS) is 11.6. The van der Waals surface area contributed by atoms with Gasteiger partial charge in [0.2, 0.25) is 0 Å². The minimum atomic E-state index is 0.145. The molecule has 0 fully saturated rings. The van der Waals surface area contributed by atoms with Gasteiger partial charge in [-0.1, -0.05) is 48.4 Å². The fourth-order valence-electron chi connectivity index (χ4n) is 2.12. The van der Waals surface area contributed by atoms with E-state index in [1.54, 1.807) is 0 Å². The first-order valence-electron chi connectivity index (χ1n) is 6.48. The van der Waals surface area contributed by atoms with Crippen LogP contribution in [0.25, 0.3) is 0 Å². The van der Waals surface area contributed by atoms with E-state index in [4.69, 9.17) is 6.42 Å². The molecule has 0 saturated carbocycles.